The van der Waals surface area contributed by atoms with Gasteiger partial charge in [0.25, 0.3) is 0 Å². The number of imide groups is 1. The van der Waals surface area contributed by atoms with Gasteiger partial charge in [0.2, 0.25) is 11.8 Å². The highest BCUT2D eigenvalue weighted by atomic mass is 19.1. The van der Waals surface area contributed by atoms with E-state index in [1.807, 2.05) is 36.4 Å². The Morgan fingerprint density at radius 3 is 1.97 bits per heavy atom. The third-order valence-corrected chi connectivity index (χ3v) is 5.04. The number of benzene rings is 3. The maximum absolute atomic E-state index is 13.3. The molecule has 0 bridgehead atoms. The Hall–Kier alpha value is -3.71. The highest BCUT2D eigenvalue weighted by Gasteiger charge is 2.26. The number of amides is 2. The predicted octanol–water partition coefficient (Wildman–Crippen LogP) is 3.68. The van der Waals surface area contributed by atoms with E-state index in [1.54, 1.807) is 24.3 Å². The smallest absolute Gasteiger partial charge is 0.243 e. The number of hydrogen-bond acceptors (Lipinski definition) is 4. The van der Waals surface area contributed by atoms with E-state index < -0.39 is 35.5 Å². The lowest BCUT2D eigenvalue weighted by molar-refractivity contribution is -0.131. The molecule has 3 aromatic carbocycles. The van der Waals surface area contributed by atoms with Gasteiger partial charge in [-0.1, -0.05) is 60.7 Å². The molecule has 7 heteroatoms. The molecule has 0 saturated heterocycles. The van der Waals surface area contributed by atoms with Crippen molar-refractivity contribution in [3.8, 4) is 0 Å². The minimum absolute atomic E-state index is 0.110. The fourth-order valence-electron chi connectivity index (χ4n) is 3.43. The first-order valence-electron chi connectivity index (χ1n) is 10.5. The van der Waals surface area contributed by atoms with Gasteiger partial charge in [0, 0.05) is 12.5 Å². The standard InChI is InChI=1S/C26H24F2N2O3/c1-17(26(33)30-24(32)15-19-12-21(27)16-22(28)13-19)29-25(20-10-6-3-7-11-20)23(31)14-18-8-4-2-5-9-18/h2-13,16-17,25,29H,14-15H2,1H3,(H,30,32,33)/t17-,25?/m0/s1. The molecule has 3 rings (SSSR count). The van der Waals surface area contributed by atoms with Gasteiger partial charge >= 0.3 is 0 Å². The summed E-state index contributed by atoms with van der Waals surface area (Å²) < 4.78 is 26.7. The van der Waals surface area contributed by atoms with Gasteiger partial charge < -0.3 is 0 Å². The van der Waals surface area contributed by atoms with E-state index in [4.69, 9.17) is 0 Å². The summed E-state index contributed by atoms with van der Waals surface area (Å²) >= 11 is 0. The molecule has 1 unspecified atom stereocenters. The SMILES string of the molecule is C[C@H](NC(C(=O)Cc1ccccc1)c1ccccc1)C(=O)NC(=O)Cc1cc(F)cc(F)c1. The normalized spacial score (nSPS) is 12.6. The summed E-state index contributed by atoms with van der Waals surface area (Å²) in [7, 11) is 0. The number of Topliss-reactive ketones (excluding diaryl/α,β-unsaturated/α-hetero) is 1. The molecule has 0 fully saturated rings. The number of ketones is 1. The van der Waals surface area contributed by atoms with Crippen LogP contribution in [0.1, 0.15) is 29.7 Å². The molecular weight excluding hydrogens is 426 g/mol. The summed E-state index contributed by atoms with van der Waals surface area (Å²) in [5.74, 6) is -3.09. The van der Waals surface area contributed by atoms with Crippen molar-refractivity contribution in [2.24, 2.45) is 0 Å². The van der Waals surface area contributed by atoms with Crippen LogP contribution in [0.3, 0.4) is 0 Å². The van der Waals surface area contributed by atoms with Gasteiger partial charge in [0.1, 0.15) is 11.6 Å². The van der Waals surface area contributed by atoms with Gasteiger partial charge in [0.15, 0.2) is 5.78 Å². The summed E-state index contributed by atoms with van der Waals surface area (Å²) in [4.78, 5) is 37.8. The Balaban J connectivity index is 1.66. The molecule has 3 aromatic rings. The average molecular weight is 450 g/mol. The van der Waals surface area contributed by atoms with E-state index in [-0.39, 0.29) is 24.2 Å². The van der Waals surface area contributed by atoms with E-state index in [0.29, 0.717) is 11.6 Å². The molecular formula is C26H24F2N2O3. The lowest BCUT2D eigenvalue weighted by Gasteiger charge is -2.22. The molecule has 2 N–H and O–H groups in total. The molecule has 0 radical (unpaired) electrons. The Morgan fingerprint density at radius 1 is 0.788 bits per heavy atom. The number of rotatable bonds is 9. The summed E-state index contributed by atoms with van der Waals surface area (Å²) in [6, 6.07) is 19.4. The monoisotopic (exact) mass is 450 g/mol. The van der Waals surface area contributed by atoms with Crippen molar-refractivity contribution in [2.45, 2.75) is 31.8 Å². The summed E-state index contributed by atoms with van der Waals surface area (Å²) in [5, 5.41) is 5.22. The number of carbonyl (C=O) groups excluding carboxylic acids is 3. The third-order valence-electron chi connectivity index (χ3n) is 5.04. The van der Waals surface area contributed by atoms with Crippen LogP contribution in [0.4, 0.5) is 8.78 Å². The molecule has 0 aromatic heterocycles. The van der Waals surface area contributed by atoms with Crippen LogP contribution in [0.2, 0.25) is 0 Å². The van der Waals surface area contributed by atoms with Gasteiger partial charge in [-0.2, -0.15) is 0 Å². The highest BCUT2D eigenvalue weighted by molar-refractivity contribution is 5.98. The average Bonchev–Trinajstić information content (AvgIpc) is 2.77. The lowest BCUT2D eigenvalue weighted by Crippen LogP contribution is -2.47. The molecule has 0 saturated carbocycles. The predicted molar refractivity (Wildman–Crippen MR) is 120 cm³/mol. The minimum Gasteiger partial charge on any atom is -0.297 e. The van der Waals surface area contributed by atoms with Crippen LogP contribution in [0.25, 0.3) is 0 Å². The van der Waals surface area contributed by atoms with Gasteiger partial charge in [0.05, 0.1) is 18.5 Å². The second-order valence-electron chi connectivity index (χ2n) is 7.73. The van der Waals surface area contributed by atoms with Crippen LogP contribution in [0, 0.1) is 11.6 Å². The molecule has 0 aliphatic rings. The first-order chi connectivity index (χ1) is 15.8. The highest BCUT2D eigenvalue weighted by Crippen LogP contribution is 2.17. The van der Waals surface area contributed by atoms with Gasteiger partial charge in [-0.05, 0) is 35.7 Å². The maximum Gasteiger partial charge on any atom is 0.243 e. The summed E-state index contributed by atoms with van der Waals surface area (Å²) in [6.45, 7) is 1.54. The number of nitrogens with one attached hydrogen (secondary N) is 2. The molecule has 5 nitrogen and oxygen atoms in total. The van der Waals surface area contributed by atoms with Crippen LogP contribution in [0.5, 0.6) is 0 Å². The van der Waals surface area contributed by atoms with Crippen molar-refractivity contribution in [3.63, 3.8) is 0 Å². The summed E-state index contributed by atoms with van der Waals surface area (Å²) in [5.41, 5.74) is 1.65. The van der Waals surface area contributed by atoms with E-state index in [2.05, 4.69) is 10.6 Å². The fraction of sp³-hybridized carbons (Fsp3) is 0.192. The number of halogens is 2. The number of hydrogen-bond donors (Lipinski definition) is 2. The largest absolute Gasteiger partial charge is 0.297 e. The second-order valence-corrected chi connectivity index (χ2v) is 7.73. The zero-order chi connectivity index (χ0) is 23.8. The number of carbonyl (C=O) groups is 3. The van der Waals surface area contributed by atoms with E-state index in [9.17, 15) is 23.2 Å². The zero-order valence-corrected chi connectivity index (χ0v) is 18.1. The lowest BCUT2D eigenvalue weighted by atomic mass is 9.97. The topological polar surface area (TPSA) is 75.3 Å². The Kier molecular flexibility index (Phi) is 8.16. The van der Waals surface area contributed by atoms with Crippen LogP contribution in [-0.4, -0.2) is 23.6 Å². The second kappa shape index (κ2) is 11.2. The van der Waals surface area contributed by atoms with Gasteiger partial charge in [-0.3, -0.25) is 25.0 Å². The first-order valence-corrected chi connectivity index (χ1v) is 10.5. The van der Waals surface area contributed by atoms with Crippen molar-refractivity contribution in [2.75, 3.05) is 0 Å². The van der Waals surface area contributed by atoms with Gasteiger partial charge in [-0.25, -0.2) is 8.78 Å². The molecule has 2 atom stereocenters. The van der Waals surface area contributed by atoms with E-state index in [1.165, 1.54) is 6.92 Å². The maximum atomic E-state index is 13.3. The zero-order valence-electron chi connectivity index (χ0n) is 18.1. The van der Waals surface area contributed by atoms with Crippen LogP contribution in [-0.2, 0) is 27.2 Å². The molecule has 0 aliphatic heterocycles. The van der Waals surface area contributed by atoms with E-state index in [0.717, 1.165) is 17.7 Å². The Bertz CT molecular complexity index is 1100. The Labute approximate surface area is 190 Å². The van der Waals surface area contributed by atoms with E-state index >= 15 is 0 Å². The first kappa shape index (κ1) is 23.9. The van der Waals surface area contributed by atoms with Crippen LogP contribution < -0.4 is 10.6 Å². The molecule has 0 spiro atoms. The van der Waals surface area contributed by atoms with Crippen molar-refractivity contribution in [3.05, 3.63) is 107 Å². The molecule has 170 valence electrons. The van der Waals surface area contributed by atoms with Crippen LogP contribution >= 0.6 is 0 Å². The molecule has 0 heterocycles. The third kappa shape index (κ3) is 7.15. The van der Waals surface area contributed by atoms with Crippen LogP contribution in [0.15, 0.2) is 78.9 Å². The van der Waals surface area contributed by atoms with Gasteiger partial charge in [-0.15, -0.1) is 0 Å². The van der Waals surface area contributed by atoms with Crippen molar-refractivity contribution in [1.82, 2.24) is 10.6 Å². The molecule has 0 aliphatic carbocycles. The fourth-order valence-corrected chi connectivity index (χ4v) is 3.43. The Morgan fingerprint density at radius 2 is 1.36 bits per heavy atom. The molecule has 2 amide bonds. The van der Waals surface area contributed by atoms with Crippen molar-refractivity contribution in [1.29, 1.82) is 0 Å². The van der Waals surface area contributed by atoms with Crippen molar-refractivity contribution < 1.29 is 23.2 Å². The quantitative estimate of drug-likeness (QED) is 0.522. The van der Waals surface area contributed by atoms with Crippen molar-refractivity contribution >= 4 is 17.6 Å². The minimum atomic E-state index is -0.886. The molecule has 33 heavy (non-hydrogen) atoms. The summed E-state index contributed by atoms with van der Waals surface area (Å²) in [6.07, 6.45) is -0.187.